The van der Waals surface area contributed by atoms with Gasteiger partial charge in [0.05, 0.1) is 0 Å². The number of benzene rings is 1. The first-order valence-electron chi connectivity index (χ1n) is 8.39. The van der Waals surface area contributed by atoms with Crippen LogP contribution in [0.4, 0.5) is 0 Å². The van der Waals surface area contributed by atoms with Gasteiger partial charge in [0.2, 0.25) is 0 Å². The number of thiophene rings is 1. The van der Waals surface area contributed by atoms with Gasteiger partial charge in [0.15, 0.2) is 6.61 Å². The van der Waals surface area contributed by atoms with Crippen LogP contribution in [0.15, 0.2) is 39.9 Å². The minimum absolute atomic E-state index is 0.0401. The maximum absolute atomic E-state index is 12.5. The number of rotatable bonds is 5. The van der Waals surface area contributed by atoms with Crippen molar-refractivity contribution >= 4 is 27.3 Å². The van der Waals surface area contributed by atoms with E-state index in [1.165, 1.54) is 15.6 Å². The standard InChI is InChI=1S/C18H22N2O4S2/c1-14-5-6-16(15(2)12-14)24-13-17(21)19-7-9-20(10-8-19)26(22,23)18-4-3-11-25-18/h3-6,11-12H,7-10,13H2,1-2H3. The molecule has 1 amide bonds. The summed E-state index contributed by atoms with van der Waals surface area (Å²) >= 11 is 1.21. The zero-order valence-electron chi connectivity index (χ0n) is 14.8. The largest absolute Gasteiger partial charge is 0.484 e. The van der Waals surface area contributed by atoms with Crippen LogP contribution in [0.3, 0.4) is 0 Å². The van der Waals surface area contributed by atoms with Crippen molar-refractivity contribution in [2.45, 2.75) is 18.1 Å². The van der Waals surface area contributed by atoms with Crippen molar-refractivity contribution in [1.29, 1.82) is 0 Å². The van der Waals surface area contributed by atoms with Gasteiger partial charge in [0, 0.05) is 26.2 Å². The lowest BCUT2D eigenvalue weighted by Crippen LogP contribution is -2.51. The molecular weight excluding hydrogens is 372 g/mol. The normalized spacial score (nSPS) is 15.8. The highest BCUT2D eigenvalue weighted by atomic mass is 32.2. The molecule has 1 aliphatic heterocycles. The molecule has 6 nitrogen and oxygen atoms in total. The zero-order valence-corrected chi connectivity index (χ0v) is 16.5. The van der Waals surface area contributed by atoms with Crippen molar-refractivity contribution in [2.24, 2.45) is 0 Å². The van der Waals surface area contributed by atoms with Crippen molar-refractivity contribution in [3.8, 4) is 5.75 Å². The number of hydrogen-bond acceptors (Lipinski definition) is 5. The Bertz CT molecular complexity index is 871. The molecule has 1 aliphatic rings. The van der Waals surface area contributed by atoms with Gasteiger partial charge in [0.25, 0.3) is 15.9 Å². The third-order valence-electron chi connectivity index (χ3n) is 4.36. The SMILES string of the molecule is Cc1ccc(OCC(=O)N2CCN(S(=O)(=O)c3cccs3)CC2)c(C)c1. The first kappa shape index (κ1) is 18.9. The van der Waals surface area contributed by atoms with Crippen LogP contribution >= 0.6 is 11.3 Å². The quantitative estimate of drug-likeness (QED) is 0.780. The Balaban J connectivity index is 1.54. The van der Waals surface area contributed by atoms with Gasteiger partial charge in [-0.15, -0.1) is 11.3 Å². The third-order valence-corrected chi connectivity index (χ3v) is 7.63. The van der Waals surface area contributed by atoms with Gasteiger partial charge in [-0.25, -0.2) is 8.42 Å². The lowest BCUT2D eigenvalue weighted by molar-refractivity contribution is -0.134. The Morgan fingerprint density at radius 3 is 2.50 bits per heavy atom. The number of hydrogen-bond donors (Lipinski definition) is 0. The van der Waals surface area contributed by atoms with E-state index < -0.39 is 10.0 Å². The summed E-state index contributed by atoms with van der Waals surface area (Å²) in [5.41, 5.74) is 2.13. The summed E-state index contributed by atoms with van der Waals surface area (Å²) in [4.78, 5) is 14.0. The Morgan fingerprint density at radius 2 is 1.88 bits per heavy atom. The van der Waals surface area contributed by atoms with Gasteiger partial charge < -0.3 is 9.64 Å². The molecule has 1 saturated heterocycles. The Hall–Kier alpha value is -1.90. The lowest BCUT2D eigenvalue weighted by Gasteiger charge is -2.33. The average Bonchev–Trinajstić information content (AvgIpc) is 3.16. The minimum Gasteiger partial charge on any atom is -0.484 e. The Kier molecular flexibility index (Phi) is 5.64. The number of nitrogens with zero attached hydrogens (tertiary/aromatic N) is 2. The lowest BCUT2D eigenvalue weighted by atomic mass is 10.1. The van der Waals surface area contributed by atoms with Crippen molar-refractivity contribution < 1.29 is 17.9 Å². The van der Waals surface area contributed by atoms with Crippen LogP contribution in [0.5, 0.6) is 5.75 Å². The molecule has 0 unspecified atom stereocenters. The Morgan fingerprint density at radius 1 is 1.15 bits per heavy atom. The third kappa shape index (κ3) is 4.08. The molecular formula is C18H22N2O4S2. The molecule has 2 heterocycles. The van der Waals surface area contributed by atoms with E-state index in [-0.39, 0.29) is 12.5 Å². The zero-order chi connectivity index (χ0) is 18.7. The Labute approximate surface area is 158 Å². The van der Waals surface area contributed by atoms with Gasteiger partial charge in [0.1, 0.15) is 9.96 Å². The summed E-state index contributed by atoms with van der Waals surface area (Å²) in [6.07, 6.45) is 0. The summed E-state index contributed by atoms with van der Waals surface area (Å²) in [5, 5.41) is 1.75. The van der Waals surface area contributed by atoms with Gasteiger partial charge in [-0.05, 0) is 36.9 Å². The van der Waals surface area contributed by atoms with Crippen LogP contribution in [-0.4, -0.2) is 56.3 Å². The molecule has 0 atom stereocenters. The second-order valence-corrected chi connectivity index (χ2v) is 9.39. The van der Waals surface area contributed by atoms with E-state index in [9.17, 15) is 13.2 Å². The van der Waals surface area contributed by atoms with Gasteiger partial charge >= 0.3 is 0 Å². The molecule has 3 rings (SSSR count). The number of piperazine rings is 1. The highest BCUT2D eigenvalue weighted by Crippen LogP contribution is 2.22. The summed E-state index contributed by atoms with van der Waals surface area (Å²) in [6, 6.07) is 9.15. The van der Waals surface area contributed by atoms with Gasteiger partial charge in [-0.3, -0.25) is 4.79 Å². The molecule has 1 aromatic heterocycles. The van der Waals surface area contributed by atoms with E-state index >= 15 is 0 Å². The maximum atomic E-state index is 12.5. The summed E-state index contributed by atoms with van der Waals surface area (Å²) in [6.45, 7) is 5.26. The van der Waals surface area contributed by atoms with E-state index in [0.29, 0.717) is 36.1 Å². The van der Waals surface area contributed by atoms with Crippen molar-refractivity contribution in [3.63, 3.8) is 0 Å². The molecule has 0 bridgehead atoms. The van der Waals surface area contributed by atoms with E-state index in [2.05, 4.69) is 0 Å². The van der Waals surface area contributed by atoms with Crippen LogP contribution in [-0.2, 0) is 14.8 Å². The molecule has 140 valence electrons. The molecule has 0 saturated carbocycles. The van der Waals surface area contributed by atoms with E-state index in [1.807, 2.05) is 32.0 Å². The fraction of sp³-hybridized carbons (Fsp3) is 0.389. The van der Waals surface area contributed by atoms with Gasteiger partial charge in [-0.2, -0.15) is 4.31 Å². The van der Waals surface area contributed by atoms with Crippen molar-refractivity contribution in [2.75, 3.05) is 32.8 Å². The van der Waals surface area contributed by atoms with Crippen molar-refractivity contribution in [3.05, 3.63) is 46.8 Å². The monoisotopic (exact) mass is 394 g/mol. The van der Waals surface area contributed by atoms with Gasteiger partial charge in [-0.1, -0.05) is 23.8 Å². The molecule has 0 N–H and O–H groups in total. The number of carbonyl (C=O) groups is 1. The predicted molar refractivity (Wildman–Crippen MR) is 101 cm³/mol. The second-order valence-electron chi connectivity index (χ2n) is 6.27. The fourth-order valence-corrected chi connectivity index (χ4v) is 5.47. The number of aryl methyl sites for hydroxylation is 2. The van der Waals surface area contributed by atoms with E-state index in [4.69, 9.17) is 4.74 Å². The van der Waals surface area contributed by atoms with Crippen LogP contribution in [0.25, 0.3) is 0 Å². The number of amides is 1. The molecule has 0 radical (unpaired) electrons. The topological polar surface area (TPSA) is 66.9 Å². The van der Waals surface area contributed by atoms with Crippen LogP contribution in [0.1, 0.15) is 11.1 Å². The first-order chi connectivity index (χ1) is 12.4. The first-order valence-corrected chi connectivity index (χ1v) is 10.7. The highest BCUT2D eigenvalue weighted by molar-refractivity contribution is 7.91. The molecule has 1 aromatic carbocycles. The van der Waals surface area contributed by atoms with Crippen LogP contribution in [0.2, 0.25) is 0 Å². The molecule has 2 aromatic rings. The fourth-order valence-electron chi connectivity index (χ4n) is 2.91. The maximum Gasteiger partial charge on any atom is 0.260 e. The van der Waals surface area contributed by atoms with E-state index in [1.54, 1.807) is 22.4 Å². The number of ether oxygens (including phenoxy) is 1. The van der Waals surface area contributed by atoms with Crippen molar-refractivity contribution in [1.82, 2.24) is 9.21 Å². The van der Waals surface area contributed by atoms with E-state index in [0.717, 1.165) is 11.1 Å². The summed E-state index contributed by atoms with van der Waals surface area (Å²) < 4.78 is 32.4. The second kappa shape index (κ2) is 7.77. The summed E-state index contributed by atoms with van der Waals surface area (Å²) in [7, 11) is -3.45. The molecule has 0 spiro atoms. The molecule has 1 fully saturated rings. The highest BCUT2D eigenvalue weighted by Gasteiger charge is 2.30. The van der Waals surface area contributed by atoms with Crippen LogP contribution < -0.4 is 4.74 Å². The van der Waals surface area contributed by atoms with Crippen LogP contribution in [0, 0.1) is 13.8 Å². The molecule has 26 heavy (non-hydrogen) atoms. The summed E-state index contributed by atoms with van der Waals surface area (Å²) in [5.74, 6) is 0.570. The smallest absolute Gasteiger partial charge is 0.260 e. The predicted octanol–water partition coefficient (Wildman–Crippen LogP) is 2.28. The average molecular weight is 395 g/mol. The number of carbonyl (C=O) groups excluding carboxylic acids is 1. The molecule has 0 aliphatic carbocycles. The number of sulfonamides is 1. The molecule has 8 heteroatoms. The minimum atomic E-state index is -3.45.